The molecule has 0 bridgehead atoms. The van der Waals surface area contributed by atoms with E-state index in [1.165, 1.54) is 34.6 Å². The lowest BCUT2D eigenvalue weighted by Crippen LogP contribution is -2.37. The number of carbonyl (C=O) groups excluding carboxylic acids is 2. The monoisotopic (exact) mass is 490 g/mol. The van der Waals surface area contributed by atoms with Crippen LogP contribution in [-0.2, 0) is 21.2 Å². The number of benzene rings is 2. The van der Waals surface area contributed by atoms with Gasteiger partial charge in [0, 0.05) is 42.8 Å². The van der Waals surface area contributed by atoms with Crippen molar-refractivity contribution in [2.75, 3.05) is 19.6 Å². The van der Waals surface area contributed by atoms with Gasteiger partial charge in [0.1, 0.15) is 0 Å². The number of aromatic nitrogens is 1. The second-order valence-electron chi connectivity index (χ2n) is 8.95. The Labute approximate surface area is 204 Å². The van der Waals surface area contributed by atoms with Crippen LogP contribution in [0.3, 0.4) is 0 Å². The van der Waals surface area contributed by atoms with Gasteiger partial charge in [0.15, 0.2) is 0 Å². The van der Waals surface area contributed by atoms with E-state index in [1.54, 1.807) is 6.20 Å². The second kappa shape index (κ2) is 9.24. The Morgan fingerprint density at radius 3 is 2.54 bits per heavy atom. The molecule has 1 aromatic heterocycles. The molecule has 35 heavy (non-hydrogen) atoms. The van der Waals surface area contributed by atoms with Gasteiger partial charge in [0.05, 0.1) is 10.4 Å². The van der Waals surface area contributed by atoms with Gasteiger partial charge < -0.3 is 10.6 Å². The Bertz CT molecular complexity index is 1390. The van der Waals surface area contributed by atoms with Crippen molar-refractivity contribution in [2.45, 2.75) is 17.4 Å². The maximum Gasteiger partial charge on any atom is 0.251 e. The number of hydrogen-bond acceptors (Lipinski definition) is 5. The highest BCUT2D eigenvalue weighted by atomic mass is 32.2. The molecule has 1 saturated heterocycles. The molecule has 2 aromatic carbocycles. The highest BCUT2D eigenvalue weighted by Crippen LogP contribution is 2.47. The fourth-order valence-electron chi connectivity index (χ4n) is 4.74. The zero-order valence-corrected chi connectivity index (χ0v) is 19.9. The molecule has 2 N–H and O–H groups in total. The molecule has 1 saturated carbocycles. The Morgan fingerprint density at radius 1 is 1.09 bits per heavy atom. The molecule has 0 spiro atoms. The Morgan fingerprint density at radius 2 is 1.83 bits per heavy atom. The summed E-state index contributed by atoms with van der Waals surface area (Å²) in [5, 5.41) is 6.80. The first-order valence-electron chi connectivity index (χ1n) is 11.5. The Hall–Kier alpha value is -3.56. The number of fused-ring (bicyclic) bond motifs is 2. The summed E-state index contributed by atoms with van der Waals surface area (Å²) in [6, 6.07) is 16.0. The highest BCUT2D eigenvalue weighted by Gasteiger charge is 2.58. The van der Waals surface area contributed by atoms with Crippen molar-refractivity contribution in [1.29, 1.82) is 0 Å². The molecule has 1 aliphatic carbocycles. The van der Waals surface area contributed by atoms with Crippen molar-refractivity contribution in [3.8, 4) is 0 Å². The predicted octanol–water partition coefficient (Wildman–Crippen LogP) is 2.13. The number of amides is 2. The summed E-state index contributed by atoms with van der Waals surface area (Å²) < 4.78 is 27.5. The van der Waals surface area contributed by atoms with Gasteiger partial charge in [0.25, 0.3) is 5.91 Å². The first-order valence-corrected chi connectivity index (χ1v) is 13.0. The average Bonchev–Trinajstić information content (AvgIpc) is 3.29. The van der Waals surface area contributed by atoms with Crippen molar-refractivity contribution >= 4 is 32.7 Å². The van der Waals surface area contributed by atoms with Crippen LogP contribution in [-0.4, -0.2) is 55.2 Å². The second-order valence-corrected chi connectivity index (χ2v) is 10.9. The van der Waals surface area contributed by atoms with Crippen LogP contribution in [0.1, 0.15) is 15.9 Å². The number of piperidine rings is 1. The van der Waals surface area contributed by atoms with E-state index in [-0.39, 0.29) is 34.6 Å². The van der Waals surface area contributed by atoms with Crippen molar-refractivity contribution < 1.29 is 18.0 Å². The molecular weight excluding hydrogens is 464 g/mol. The molecule has 0 radical (unpaired) electrons. The molecular formula is C26H26N4O4S. The van der Waals surface area contributed by atoms with E-state index in [0.29, 0.717) is 31.6 Å². The van der Waals surface area contributed by atoms with Gasteiger partial charge >= 0.3 is 0 Å². The molecule has 2 atom stereocenters. The van der Waals surface area contributed by atoms with E-state index in [2.05, 4.69) is 22.2 Å². The maximum absolute atomic E-state index is 13.0. The van der Waals surface area contributed by atoms with Crippen molar-refractivity contribution in [3.63, 3.8) is 0 Å². The van der Waals surface area contributed by atoms with Crippen LogP contribution >= 0.6 is 0 Å². The third-order valence-corrected chi connectivity index (χ3v) is 8.62. The third-order valence-electron chi connectivity index (χ3n) is 6.78. The number of rotatable bonds is 8. The zero-order chi connectivity index (χ0) is 24.6. The van der Waals surface area contributed by atoms with Gasteiger partial charge in [-0.1, -0.05) is 24.8 Å². The van der Waals surface area contributed by atoms with E-state index < -0.39 is 10.0 Å². The minimum absolute atomic E-state index is 0.0175. The van der Waals surface area contributed by atoms with Crippen LogP contribution in [0.5, 0.6) is 0 Å². The van der Waals surface area contributed by atoms with E-state index in [4.69, 9.17) is 0 Å². The van der Waals surface area contributed by atoms with Crippen LogP contribution < -0.4 is 10.6 Å². The number of sulfonamides is 1. The van der Waals surface area contributed by atoms with Gasteiger partial charge in [-0.15, -0.1) is 0 Å². The Kier molecular flexibility index (Phi) is 6.12. The quantitative estimate of drug-likeness (QED) is 0.471. The highest BCUT2D eigenvalue weighted by molar-refractivity contribution is 7.89. The lowest BCUT2D eigenvalue weighted by atomic mass is 10.1. The molecule has 180 valence electrons. The topological polar surface area (TPSA) is 108 Å². The summed E-state index contributed by atoms with van der Waals surface area (Å²) in [7, 11) is -3.65. The molecule has 2 fully saturated rings. The van der Waals surface area contributed by atoms with E-state index >= 15 is 0 Å². The third kappa shape index (κ3) is 4.69. The van der Waals surface area contributed by atoms with Crippen LogP contribution in [0.15, 0.2) is 78.3 Å². The first-order chi connectivity index (χ1) is 16.9. The van der Waals surface area contributed by atoms with Crippen LogP contribution in [0, 0.1) is 11.8 Å². The summed E-state index contributed by atoms with van der Waals surface area (Å²) in [6.45, 7) is 4.65. The molecule has 5 rings (SSSR count). The SMILES string of the molecule is C=CC(=O)NC1C2CN(S(=O)(=O)c3ccc(C(=O)NCCc4ccc5cccnc5c4)cc3)CC21. The number of nitrogens with zero attached hydrogens (tertiary/aromatic N) is 2. The molecule has 2 heterocycles. The van der Waals surface area contributed by atoms with Crippen LogP contribution in [0.25, 0.3) is 10.9 Å². The van der Waals surface area contributed by atoms with Gasteiger partial charge in [-0.25, -0.2) is 8.42 Å². The minimum Gasteiger partial charge on any atom is -0.352 e. The number of pyridine rings is 1. The van der Waals surface area contributed by atoms with Gasteiger partial charge in [-0.05, 0) is 66.3 Å². The predicted molar refractivity (Wildman–Crippen MR) is 132 cm³/mol. The summed E-state index contributed by atoms with van der Waals surface area (Å²) in [4.78, 5) is 28.5. The van der Waals surface area contributed by atoms with E-state index in [9.17, 15) is 18.0 Å². The maximum atomic E-state index is 13.0. The fourth-order valence-corrected chi connectivity index (χ4v) is 6.25. The molecule has 8 nitrogen and oxygen atoms in total. The van der Waals surface area contributed by atoms with Gasteiger partial charge in [-0.2, -0.15) is 4.31 Å². The normalized spacial score (nSPS) is 21.3. The smallest absolute Gasteiger partial charge is 0.251 e. The molecule has 3 aromatic rings. The molecule has 2 unspecified atom stereocenters. The van der Waals surface area contributed by atoms with Crippen molar-refractivity contribution in [1.82, 2.24) is 19.9 Å². The molecule has 9 heteroatoms. The molecule has 2 amide bonds. The average molecular weight is 491 g/mol. The first kappa shape index (κ1) is 23.2. The number of nitrogens with one attached hydrogen (secondary N) is 2. The summed E-state index contributed by atoms with van der Waals surface area (Å²) >= 11 is 0. The molecule has 2 aliphatic rings. The number of carbonyl (C=O) groups is 2. The minimum atomic E-state index is -3.65. The lowest BCUT2D eigenvalue weighted by molar-refractivity contribution is -0.116. The largest absolute Gasteiger partial charge is 0.352 e. The van der Waals surface area contributed by atoms with Crippen molar-refractivity contribution in [2.24, 2.45) is 11.8 Å². The van der Waals surface area contributed by atoms with Crippen LogP contribution in [0.4, 0.5) is 0 Å². The van der Waals surface area contributed by atoms with E-state index in [1.807, 2.05) is 30.3 Å². The van der Waals surface area contributed by atoms with Crippen molar-refractivity contribution in [3.05, 3.63) is 84.6 Å². The summed E-state index contributed by atoms with van der Waals surface area (Å²) in [5.41, 5.74) is 2.40. The number of hydrogen-bond donors (Lipinski definition) is 2. The van der Waals surface area contributed by atoms with Crippen LogP contribution in [0.2, 0.25) is 0 Å². The Balaban J connectivity index is 1.14. The van der Waals surface area contributed by atoms with E-state index in [0.717, 1.165) is 16.5 Å². The van der Waals surface area contributed by atoms with Gasteiger partial charge in [0.2, 0.25) is 15.9 Å². The molecule has 1 aliphatic heterocycles. The summed E-state index contributed by atoms with van der Waals surface area (Å²) in [5.74, 6) is -0.216. The zero-order valence-electron chi connectivity index (χ0n) is 19.1. The van der Waals surface area contributed by atoms with Gasteiger partial charge in [-0.3, -0.25) is 14.6 Å². The standard InChI is InChI=1S/C26H26N4O4S/c1-2-24(31)29-25-21-15-30(16-22(21)25)35(33,34)20-9-7-19(8-10-20)26(32)28-13-11-17-5-6-18-4-3-12-27-23(18)14-17/h2-10,12,14,21-22,25H,1,11,13,15-16H2,(H,28,32)(H,29,31). The fraction of sp³-hybridized carbons (Fsp3) is 0.269. The summed E-state index contributed by atoms with van der Waals surface area (Å²) in [6.07, 6.45) is 3.64. The lowest BCUT2D eigenvalue weighted by Gasteiger charge is -2.20.